The van der Waals surface area contributed by atoms with Crippen LogP contribution >= 0.6 is 15.6 Å². The average Bonchev–Trinajstić information content (AvgIpc) is 0.924. The van der Waals surface area contributed by atoms with E-state index in [1.807, 2.05) is 0 Å². The van der Waals surface area contributed by atoms with Gasteiger partial charge in [0, 0.05) is 25.7 Å². The van der Waals surface area contributed by atoms with E-state index in [0.717, 1.165) is 161 Å². The molecule has 0 aromatic carbocycles. The summed E-state index contributed by atoms with van der Waals surface area (Å²) in [5.74, 6) is -2.21. The Kier molecular flexibility index (Phi) is 72.3. The maximum absolute atomic E-state index is 13.1. The van der Waals surface area contributed by atoms with E-state index in [1.165, 1.54) is 109 Å². The van der Waals surface area contributed by atoms with E-state index >= 15 is 0 Å². The zero-order chi connectivity index (χ0) is 74.6. The second kappa shape index (κ2) is 75.2. The van der Waals surface area contributed by atoms with Crippen LogP contribution in [0.1, 0.15) is 349 Å². The number of phosphoric acid groups is 2. The smallest absolute Gasteiger partial charge is 0.462 e. The van der Waals surface area contributed by atoms with Gasteiger partial charge in [0.1, 0.15) is 19.3 Å². The summed E-state index contributed by atoms with van der Waals surface area (Å²) in [5, 5.41) is 10.6. The highest BCUT2D eigenvalue weighted by Crippen LogP contribution is 2.45. The van der Waals surface area contributed by atoms with Gasteiger partial charge in [0.15, 0.2) is 12.2 Å². The van der Waals surface area contributed by atoms with Crippen molar-refractivity contribution in [1.82, 2.24) is 0 Å². The SMILES string of the molecule is CC/C=C\C/C=C\C/C=C\C/C=C\C/C=C\CCCCCC(=O)OCC(COP(=O)(O)OCC(O)COP(=O)(O)OCC(COC(=O)CCCCCCC/C=C\C/C=C\CCCCC)OC(=O)CCCCCCC/C=C\CCCCCC)OC(=O)CCCCCCCCCCCCCCCCC. The topological polar surface area (TPSA) is 237 Å². The molecule has 0 radical (unpaired) electrons. The van der Waals surface area contributed by atoms with Gasteiger partial charge in [0.25, 0.3) is 0 Å². The number of phosphoric ester groups is 2. The molecular weight excluding hydrogens is 1330 g/mol. The largest absolute Gasteiger partial charge is 0.472 e. The molecule has 19 heteroatoms. The first-order valence-electron chi connectivity index (χ1n) is 40.5. The number of carbonyl (C=O) groups excluding carboxylic acids is 4. The minimum Gasteiger partial charge on any atom is -0.462 e. The molecule has 0 saturated heterocycles. The zero-order valence-electron chi connectivity index (χ0n) is 64.5. The van der Waals surface area contributed by atoms with Crippen LogP contribution < -0.4 is 0 Å². The number of hydrogen-bond acceptors (Lipinski definition) is 15. The Balaban J connectivity index is 5.37. The summed E-state index contributed by atoms with van der Waals surface area (Å²) in [6.07, 6.45) is 79.5. The lowest BCUT2D eigenvalue weighted by Crippen LogP contribution is -2.30. The van der Waals surface area contributed by atoms with Crippen LogP contribution in [0.2, 0.25) is 0 Å². The number of esters is 4. The van der Waals surface area contributed by atoms with Crippen molar-refractivity contribution >= 4 is 39.5 Å². The molecule has 5 unspecified atom stereocenters. The van der Waals surface area contributed by atoms with Gasteiger partial charge in [-0.2, -0.15) is 0 Å². The number of aliphatic hydroxyl groups excluding tert-OH is 1. The summed E-state index contributed by atoms with van der Waals surface area (Å²) >= 11 is 0. The van der Waals surface area contributed by atoms with Crippen molar-refractivity contribution in [2.24, 2.45) is 0 Å². The van der Waals surface area contributed by atoms with Crippen LogP contribution in [-0.2, 0) is 65.4 Å². The average molecular weight is 1480 g/mol. The second-order valence-electron chi connectivity index (χ2n) is 27.0. The summed E-state index contributed by atoms with van der Waals surface area (Å²) in [7, 11) is -9.96. The zero-order valence-corrected chi connectivity index (χ0v) is 66.3. The van der Waals surface area contributed by atoms with Crippen molar-refractivity contribution in [1.29, 1.82) is 0 Å². The number of ether oxygens (including phenoxy) is 4. The first-order chi connectivity index (χ1) is 49.7. The van der Waals surface area contributed by atoms with E-state index < -0.39 is 97.5 Å². The van der Waals surface area contributed by atoms with Crippen LogP contribution in [0.3, 0.4) is 0 Å². The number of carbonyl (C=O) groups is 4. The summed E-state index contributed by atoms with van der Waals surface area (Å²) in [6.45, 7) is 4.71. The van der Waals surface area contributed by atoms with Gasteiger partial charge in [0.05, 0.1) is 26.4 Å². The van der Waals surface area contributed by atoms with Crippen LogP contribution in [0.25, 0.3) is 0 Å². The lowest BCUT2D eigenvalue weighted by molar-refractivity contribution is -0.161. The summed E-state index contributed by atoms with van der Waals surface area (Å²) in [4.78, 5) is 73.0. The molecule has 0 spiro atoms. The Morgan fingerprint density at radius 1 is 0.284 bits per heavy atom. The highest BCUT2D eigenvalue weighted by Gasteiger charge is 2.30. The molecule has 0 heterocycles. The predicted octanol–water partition coefficient (Wildman–Crippen LogP) is 23.6. The third kappa shape index (κ3) is 74.3. The Morgan fingerprint density at radius 3 is 0.833 bits per heavy atom. The first-order valence-corrected chi connectivity index (χ1v) is 43.5. The van der Waals surface area contributed by atoms with E-state index in [9.17, 15) is 43.2 Å². The summed E-state index contributed by atoms with van der Waals surface area (Å²) in [6, 6.07) is 0. The van der Waals surface area contributed by atoms with Gasteiger partial charge in [-0.15, -0.1) is 0 Å². The fraction of sp³-hybridized carbons (Fsp3) is 0.759. The van der Waals surface area contributed by atoms with Crippen molar-refractivity contribution in [3.63, 3.8) is 0 Å². The fourth-order valence-corrected chi connectivity index (χ4v) is 12.4. The molecule has 17 nitrogen and oxygen atoms in total. The molecule has 0 fully saturated rings. The number of aliphatic hydroxyl groups is 1. The van der Waals surface area contributed by atoms with E-state index in [0.29, 0.717) is 25.7 Å². The van der Waals surface area contributed by atoms with Gasteiger partial charge in [-0.3, -0.25) is 37.3 Å². The Hall–Kier alpha value is -4.02. The molecule has 0 aliphatic rings. The lowest BCUT2D eigenvalue weighted by atomic mass is 10.0. The second-order valence-corrected chi connectivity index (χ2v) is 29.9. The van der Waals surface area contributed by atoms with Crippen LogP contribution in [-0.4, -0.2) is 96.7 Å². The molecule has 0 rings (SSSR count). The van der Waals surface area contributed by atoms with Crippen LogP contribution in [0.4, 0.5) is 0 Å². The molecule has 590 valence electrons. The van der Waals surface area contributed by atoms with E-state index in [4.69, 9.17) is 37.0 Å². The molecule has 0 aliphatic carbocycles. The molecule has 0 saturated carbocycles. The van der Waals surface area contributed by atoms with Crippen molar-refractivity contribution in [2.45, 2.75) is 367 Å². The highest BCUT2D eigenvalue weighted by molar-refractivity contribution is 7.47. The molecule has 0 amide bonds. The summed E-state index contributed by atoms with van der Waals surface area (Å²) < 4.78 is 68.6. The molecule has 5 atom stereocenters. The number of allylic oxidation sites excluding steroid dienone is 16. The van der Waals surface area contributed by atoms with Crippen LogP contribution in [0, 0.1) is 0 Å². The van der Waals surface area contributed by atoms with Gasteiger partial charge in [-0.1, -0.05) is 292 Å². The monoisotopic (exact) mass is 1480 g/mol. The Bertz CT molecular complexity index is 2310. The lowest BCUT2D eigenvalue weighted by Gasteiger charge is -2.21. The van der Waals surface area contributed by atoms with Crippen LogP contribution in [0.15, 0.2) is 97.2 Å². The highest BCUT2D eigenvalue weighted by atomic mass is 31.2. The van der Waals surface area contributed by atoms with Crippen molar-refractivity contribution in [2.75, 3.05) is 39.6 Å². The minimum absolute atomic E-state index is 0.0825. The van der Waals surface area contributed by atoms with Gasteiger partial charge in [-0.05, 0) is 128 Å². The van der Waals surface area contributed by atoms with Gasteiger partial charge in [-0.25, -0.2) is 9.13 Å². The molecular formula is C83H146O17P2. The molecule has 0 aromatic heterocycles. The van der Waals surface area contributed by atoms with Crippen molar-refractivity contribution < 1.29 is 80.2 Å². The van der Waals surface area contributed by atoms with Gasteiger partial charge < -0.3 is 33.8 Å². The Labute approximate surface area is 620 Å². The fourth-order valence-electron chi connectivity index (χ4n) is 10.9. The summed E-state index contributed by atoms with van der Waals surface area (Å²) in [5.41, 5.74) is 0. The van der Waals surface area contributed by atoms with Crippen molar-refractivity contribution in [3.8, 4) is 0 Å². The standard InChI is InChI=1S/C83H146O17P2/c1-5-9-13-17-21-25-29-33-36-37-38-39-42-45-48-52-56-60-64-68-81(86)94-74-79(100-83(88)70-66-62-58-54-50-46-41-35-31-27-23-19-15-11-7-3)76-98-102(91,92)96-72-77(84)71-95-101(89,90)97-75-78(99-82(87)69-65-61-57-53-49-43-32-28-24-20-16-12-8-4)73-93-80(85)67-63-59-55-51-47-44-40-34-30-26-22-18-14-10-6-2/h9,13,21-22,25-26,28,32-34,36,38-40,45,48,77-79,84H,5-8,10-12,14-20,23-24,27,29-31,35,37,41-44,46-47,49-76H2,1-4H3,(H,89,90)(H,91,92)/b13-9-,25-21-,26-22-,32-28-,36-33-,39-38-,40-34-,48-45-. The number of hydrogen-bond donors (Lipinski definition) is 3. The predicted molar refractivity (Wildman–Crippen MR) is 418 cm³/mol. The first kappa shape index (κ1) is 98.0. The third-order valence-corrected chi connectivity index (χ3v) is 18.9. The van der Waals surface area contributed by atoms with Gasteiger partial charge >= 0.3 is 39.5 Å². The maximum atomic E-state index is 13.1. The van der Waals surface area contributed by atoms with Crippen molar-refractivity contribution in [3.05, 3.63) is 97.2 Å². The van der Waals surface area contributed by atoms with Crippen LogP contribution in [0.5, 0.6) is 0 Å². The molecule has 102 heavy (non-hydrogen) atoms. The molecule has 0 aliphatic heterocycles. The maximum Gasteiger partial charge on any atom is 0.472 e. The normalized spacial score (nSPS) is 14.4. The van der Waals surface area contributed by atoms with Gasteiger partial charge in [0.2, 0.25) is 0 Å². The third-order valence-electron chi connectivity index (χ3n) is 17.0. The quantitative estimate of drug-likeness (QED) is 0.0169. The Morgan fingerprint density at radius 2 is 0.510 bits per heavy atom. The van der Waals surface area contributed by atoms with E-state index in [1.54, 1.807) is 0 Å². The minimum atomic E-state index is -4.98. The van der Waals surface area contributed by atoms with E-state index in [-0.39, 0.29) is 25.7 Å². The molecule has 3 N–H and O–H groups in total. The van der Waals surface area contributed by atoms with E-state index in [2.05, 4.69) is 125 Å². The number of unbranched alkanes of at least 4 members (excludes halogenated alkanes) is 34. The molecule has 0 bridgehead atoms. The number of rotatable bonds is 76. The molecule has 0 aromatic rings.